The maximum Gasteiger partial charge on any atom is 0.244 e. The second-order valence-corrected chi connectivity index (χ2v) is 9.70. The van der Waals surface area contributed by atoms with E-state index in [2.05, 4.69) is 86.4 Å². The van der Waals surface area contributed by atoms with Crippen molar-refractivity contribution in [3.63, 3.8) is 0 Å². The predicted octanol–water partition coefficient (Wildman–Crippen LogP) is 6.11. The van der Waals surface area contributed by atoms with Gasteiger partial charge in [0.25, 0.3) is 0 Å². The molecule has 0 saturated carbocycles. The summed E-state index contributed by atoms with van der Waals surface area (Å²) in [5.41, 5.74) is 4.87. The van der Waals surface area contributed by atoms with Crippen LogP contribution in [0.5, 0.6) is 0 Å². The summed E-state index contributed by atoms with van der Waals surface area (Å²) < 4.78 is 0. The summed E-state index contributed by atoms with van der Waals surface area (Å²) in [5.74, 6) is 0.761. The molecule has 3 heteroatoms. The first-order chi connectivity index (χ1) is 14.2. The molecule has 1 heterocycles. The maximum atomic E-state index is 12.4. The van der Waals surface area contributed by atoms with Crippen LogP contribution < -0.4 is 10.2 Å². The molecular formula is C27H36N2O. The van der Waals surface area contributed by atoms with Gasteiger partial charge in [0, 0.05) is 24.9 Å². The molecular weight excluding hydrogens is 368 g/mol. The SMILES string of the molecule is CC1CCN(c2ccc([C@H](C)NC(=O)/C=C/c3ccc(C(C)(C)C)cc3)cc2)CC1. The van der Waals surface area contributed by atoms with E-state index in [1.54, 1.807) is 6.08 Å². The van der Waals surface area contributed by atoms with Gasteiger partial charge in [-0.15, -0.1) is 0 Å². The van der Waals surface area contributed by atoms with Gasteiger partial charge in [-0.1, -0.05) is 64.1 Å². The van der Waals surface area contributed by atoms with Gasteiger partial charge in [0.15, 0.2) is 0 Å². The quantitative estimate of drug-likeness (QED) is 0.610. The normalized spacial score (nSPS) is 16.6. The van der Waals surface area contributed by atoms with E-state index in [9.17, 15) is 4.79 Å². The molecule has 3 rings (SSSR count). The lowest BCUT2D eigenvalue weighted by Crippen LogP contribution is -2.32. The number of benzene rings is 2. The number of hydrogen-bond acceptors (Lipinski definition) is 2. The lowest BCUT2D eigenvalue weighted by Gasteiger charge is -2.32. The smallest absolute Gasteiger partial charge is 0.244 e. The maximum absolute atomic E-state index is 12.4. The number of carbonyl (C=O) groups is 1. The minimum absolute atomic E-state index is 0.0270. The van der Waals surface area contributed by atoms with Crippen LogP contribution in [0.15, 0.2) is 54.6 Å². The van der Waals surface area contributed by atoms with Gasteiger partial charge in [0.2, 0.25) is 5.91 Å². The third-order valence-electron chi connectivity index (χ3n) is 6.10. The molecule has 1 N–H and O–H groups in total. The number of nitrogens with one attached hydrogen (secondary N) is 1. The molecule has 1 saturated heterocycles. The predicted molar refractivity (Wildman–Crippen MR) is 128 cm³/mol. The average molecular weight is 405 g/mol. The lowest BCUT2D eigenvalue weighted by atomic mass is 9.87. The number of amides is 1. The topological polar surface area (TPSA) is 32.3 Å². The summed E-state index contributed by atoms with van der Waals surface area (Å²) >= 11 is 0. The molecule has 0 aromatic heterocycles. The van der Waals surface area contributed by atoms with Crippen molar-refractivity contribution in [2.24, 2.45) is 5.92 Å². The van der Waals surface area contributed by atoms with Crippen LogP contribution in [0.1, 0.15) is 70.2 Å². The molecule has 3 nitrogen and oxygen atoms in total. The van der Waals surface area contributed by atoms with Crippen molar-refractivity contribution in [1.29, 1.82) is 0 Å². The molecule has 0 unspecified atom stereocenters. The third kappa shape index (κ3) is 5.98. The molecule has 1 aliphatic rings. The Bertz CT molecular complexity index is 851. The zero-order chi connectivity index (χ0) is 21.7. The summed E-state index contributed by atoms with van der Waals surface area (Å²) in [6, 6.07) is 17.0. The molecule has 2 aromatic carbocycles. The molecule has 2 aromatic rings. The second-order valence-electron chi connectivity index (χ2n) is 9.70. The fraction of sp³-hybridized carbons (Fsp3) is 0.444. The summed E-state index contributed by atoms with van der Waals surface area (Å²) in [6.07, 6.45) is 6.01. The van der Waals surface area contributed by atoms with Crippen molar-refractivity contribution in [3.8, 4) is 0 Å². The second kappa shape index (κ2) is 9.51. The Morgan fingerprint density at radius 3 is 2.20 bits per heavy atom. The first-order valence-electron chi connectivity index (χ1n) is 11.2. The largest absolute Gasteiger partial charge is 0.372 e. The first kappa shape index (κ1) is 22.1. The van der Waals surface area contributed by atoms with Gasteiger partial charge in [0.1, 0.15) is 0 Å². The molecule has 160 valence electrons. The van der Waals surface area contributed by atoms with E-state index in [1.165, 1.54) is 24.1 Å². The van der Waals surface area contributed by atoms with E-state index < -0.39 is 0 Å². The van der Waals surface area contributed by atoms with Gasteiger partial charge < -0.3 is 10.2 Å². The van der Waals surface area contributed by atoms with Crippen LogP contribution in [0.3, 0.4) is 0 Å². The zero-order valence-corrected chi connectivity index (χ0v) is 19.1. The Morgan fingerprint density at radius 2 is 1.63 bits per heavy atom. The Balaban J connectivity index is 1.54. The Morgan fingerprint density at radius 1 is 1.03 bits per heavy atom. The third-order valence-corrected chi connectivity index (χ3v) is 6.10. The van der Waals surface area contributed by atoms with Crippen molar-refractivity contribution >= 4 is 17.7 Å². The van der Waals surface area contributed by atoms with E-state index in [4.69, 9.17) is 0 Å². The van der Waals surface area contributed by atoms with Crippen molar-refractivity contribution < 1.29 is 4.79 Å². The van der Waals surface area contributed by atoms with Crippen molar-refractivity contribution in [1.82, 2.24) is 5.32 Å². The van der Waals surface area contributed by atoms with Crippen LogP contribution in [0, 0.1) is 5.92 Å². The van der Waals surface area contributed by atoms with Gasteiger partial charge in [-0.05, 0) is 66.0 Å². The molecule has 0 aliphatic carbocycles. The average Bonchev–Trinajstić information content (AvgIpc) is 2.72. The van der Waals surface area contributed by atoms with Crippen LogP contribution in [-0.4, -0.2) is 19.0 Å². The molecule has 1 aliphatic heterocycles. The molecule has 1 atom stereocenters. The number of rotatable bonds is 5. The first-order valence-corrected chi connectivity index (χ1v) is 11.2. The highest BCUT2D eigenvalue weighted by atomic mass is 16.1. The summed E-state index contributed by atoms with van der Waals surface area (Å²) in [5, 5.41) is 3.07. The van der Waals surface area contributed by atoms with Crippen LogP contribution in [-0.2, 0) is 10.2 Å². The summed E-state index contributed by atoms with van der Waals surface area (Å²) in [4.78, 5) is 14.8. The fourth-order valence-electron chi connectivity index (χ4n) is 3.85. The minimum Gasteiger partial charge on any atom is -0.372 e. The van der Waals surface area contributed by atoms with E-state index in [-0.39, 0.29) is 17.4 Å². The molecule has 1 fully saturated rings. The van der Waals surface area contributed by atoms with E-state index in [0.29, 0.717) is 0 Å². The fourth-order valence-corrected chi connectivity index (χ4v) is 3.85. The van der Waals surface area contributed by atoms with Crippen LogP contribution in [0.25, 0.3) is 6.08 Å². The van der Waals surface area contributed by atoms with Gasteiger partial charge in [-0.25, -0.2) is 0 Å². The Hall–Kier alpha value is -2.55. The van der Waals surface area contributed by atoms with E-state index in [0.717, 1.165) is 30.1 Å². The Kier molecular flexibility index (Phi) is 7.02. The van der Waals surface area contributed by atoms with Crippen LogP contribution in [0.2, 0.25) is 0 Å². The highest BCUT2D eigenvalue weighted by Gasteiger charge is 2.16. The number of carbonyl (C=O) groups excluding carboxylic acids is 1. The molecule has 0 spiro atoms. The van der Waals surface area contributed by atoms with Crippen LogP contribution in [0.4, 0.5) is 5.69 Å². The summed E-state index contributed by atoms with van der Waals surface area (Å²) in [6.45, 7) is 13.2. The van der Waals surface area contributed by atoms with Crippen molar-refractivity contribution in [2.45, 2.75) is 58.9 Å². The minimum atomic E-state index is -0.0727. The highest BCUT2D eigenvalue weighted by Crippen LogP contribution is 2.25. The van der Waals surface area contributed by atoms with Crippen molar-refractivity contribution in [3.05, 3.63) is 71.3 Å². The van der Waals surface area contributed by atoms with E-state index in [1.807, 2.05) is 13.0 Å². The molecule has 1 amide bonds. The monoisotopic (exact) mass is 404 g/mol. The zero-order valence-electron chi connectivity index (χ0n) is 19.1. The highest BCUT2D eigenvalue weighted by molar-refractivity contribution is 5.92. The van der Waals surface area contributed by atoms with Crippen LogP contribution >= 0.6 is 0 Å². The molecule has 30 heavy (non-hydrogen) atoms. The lowest BCUT2D eigenvalue weighted by molar-refractivity contribution is -0.117. The number of hydrogen-bond donors (Lipinski definition) is 1. The van der Waals surface area contributed by atoms with Crippen molar-refractivity contribution in [2.75, 3.05) is 18.0 Å². The number of nitrogens with zero attached hydrogens (tertiary/aromatic N) is 1. The van der Waals surface area contributed by atoms with Gasteiger partial charge in [-0.3, -0.25) is 4.79 Å². The standard InChI is InChI=1S/C27H36N2O/c1-20-16-18-29(19-17-20)25-13-9-23(10-14-25)21(2)28-26(30)15-8-22-6-11-24(12-7-22)27(3,4)5/h6-15,20-21H,16-19H2,1-5H3,(H,28,30)/b15-8+/t21-/m0/s1. The Labute approximate surface area is 182 Å². The molecule has 0 bridgehead atoms. The summed E-state index contributed by atoms with van der Waals surface area (Å²) in [7, 11) is 0. The van der Waals surface area contributed by atoms with Gasteiger partial charge in [0.05, 0.1) is 6.04 Å². The van der Waals surface area contributed by atoms with Gasteiger partial charge in [-0.2, -0.15) is 0 Å². The molecule has 0 radical (unpaired) electrons. The van der Waals surface area contributed by atoms with E-state index >= 15 is 0 Å². The number of piperidine rings is 1. The van der Waals surface area contributed by atoms with Gasteiger partial charge >= 0.3 is 0 Å². The number of anilines is 1.